The Bertz CT molecular complexity index is 1250. The van der Waals surface area contributed by atoms with E-state index in [4.69, 9.17) is 4.74 Å². The van der Waals surface area contributed by atoms with Crippen molar-refractivity contribution in [2.45, 2.75) is 32.4 Å². The summed E-state index contributed by atoms with van der Waals surface area (Å²) in [5.41, 5.74) is 4.41. The first-order valence-electron chi connectivity index (χ1n) is 11.6. The van der Waals surface area contributed by atoms with Gasteiger partial charge in [-0.1, -0.05) is 18.2 Å². The summed E-state index contributed by atoms with van der Waals surface area (Å²) in [5, 5.41) is 5.37. The number of carbonyl (C=O) groups excluding carboxylic acids is 3. The molecule has 0 unspecified atom stereocenters. The summed E-state index contributed by atoms with van der Waals surface area (Å²) in [4.78, 5) is 45.4. The highest BCUT2D eigenvalue weighted by Crippen LogP contribution is 2.26. The van der Waals surface area contributed by atoms with Crippen molar-refractivity contribution in [3.05, 3.63) is 75.8 Å². The number of methoxy groups -OCH3 is 1. The topological polar surface area (TPSA) is 91.8 Å². The summed E-state index contributed by atoms with van der Waals surface area (Å²) in [7, 11) is 1.68. The molecule has 2 aromatic carbocycles. The number of rotatable bonds is 8. The van der Waals surface area contributed by atoms with Crippen molar-refractivity contribution < 1.29 is 19.1 Å². The number of nitrogens with one attached hydrogen (secondary N) is 1. The molecule has 0 saturated carbocycles. The molecule has 3 aromatic rings. The molecule has 180 valence electrons. The highest BCUT2D eigenvalue weighted by atomic mass is 32.1. The van der Waals surface area contributed by atoms with Crippen LogP contribution in [0.2, 0.25) is 0 Å². The van der Waals surface area contributed by atoms with Crippen molar-refractivity contribution in [2.75, 3.05) is 25.5 Å². The molecule has 0 spiro atoms. The molecule has 3 amide bonds. The maximum absolute atomic E-state index is 12.4. The Labute approximate surface area is 207 Å². The number of carbonyl (C=O) groups is 3. The molecule has 0 saturated heterocycles. The summed E-state index contributed by atoms with van der Waals surface area (Å²) in [6, 6.07) is 13.0. The minimum atomic E-state index is -0.296. The molecule has 8 nitrogen and oxygen atoms in total. The predicted octanol–water partition coefficient (Wildman–Crippen LogP) is 3.72. The number of hydrogen-bond donors (Lipinski definition) is 1. The molecule has 0 radical (unpaired) electrons. The zero-order valence-electron chi connectivity index (χ0n) is 19.5. The lowest BCUT2D eigenvalue weighted by Gasteiger charge is -2.28. The first kappa shape index (κ1) is 23.2. The van der Waals surface area contributed by atoms with E-state index in [2.05, 4.69) is 27.3 Å². The lowest BCUT2D eigenvalue weighted by atomic mass is 9.99. The third-order valence-electron chi connectivity index (χ3n) is 6.35. The second-order valence-electron chi connectivity index (χ2n) is 8.70. The van der Waals surface area contributed by atoms with E-state index in [1.165, 1.54) is 27.4 Å². The zero-order valence-corrected chi connectivity index (χ0v) is 20.3. The van der Waals surface area contributed by atoms with Crippen LogP contribution >= 0.6 is 11.3 Å². The zero-order chi connectivity index (χ0) is 24.4. The summed E-state index contributed by atoms with van der Waals surface area (Å²) >= 11 is 1.40. The lowest BCUT2D eigenvalue weighted by molar-refractivity contribution is -0.116. The van der Waals surface area contributed by atoms with E-state index in [1.807, 2.05) is 11.4 Å². The Morgan fingerprint density at radius 2 is 1.89 bits per heavy atom. The first-order chi connectivity index (χ1) is 17.0. The largest absolute Gasteiger partial charge is 0.497 e. The molecule has 0 bridgehead atoms. The molecule has 0 fully saturated rings. The van der Waals surface area contributed by atoms with Gasteiger partial charge in [0.1, 0.15) is 5.75 Å². The summed E-state index contributed by atoms with van der Waals surface area (Å²) in [5.74, 6) is 0.120. The lowest BCUT2D eigenvalue weighted by Crippen LogP contribution is -2.31. The monoisotopic (exact) mass is 490 g/mol. The summed E-state index contributed by atoms with van der Waals surface area (Å²) in [6.07, 6.45) is 1.57. The highest BCUT2D eigenvalue weighted by Gasteiger charge is 2.34. The molecule has 2 aliphatic rings. The van der Waals surface area contributed by atoms with Gasteiger partial charge in [0.2, 0.25) is 5.91 Å². The molecule has 35 heavy (non-hydrogen) atoms. The van der Waals surface area contributed by atoms with Crippen LogP contribution < -0.4 is 10.1 Å². The predicted molar refractivity (Wildman–Crippen MR) is 133 cm³/mol. The van der Waals surface area contributed by atoms with E-state index >= 15 is 0 Å². The number of imide groups is 1. The van der Waals surface area contributed by atoms with Crippen LogP contribution in [0.5, 0.6) is 5.75 Å². The molecular formula is C26H26N4O4S. The molecule has 0 aliphatic carbocycles. The van der Waals surface area contributed by atoms with Gasteiger partial charge >= 0.3 is 0 Å². The van der Waals surface area contributed by atoms with Crippen molar-refractivity contribution in [3.63, 3.8) is 0 Å². The van der Waals surface area contributed by atoms with E-state index in [1.54, 1.807) is 31.4 Å². The molecule has 9 heteroatoms. The van der Waals surface area contributed by atoms with Gasteiger partial charge < -0.3 is 10.1 Å². The van der Waals surface area contributed by atoms with Gasteiger partial charge in [-0.15, -0.1) is 11.3 Å². The van der Waals surface area contributed by atoms with E-state index in [0.29, 0.717) is 22.7 Å². The maximum atomic E-state index is 12.4. The van der Waals surface area contributed by atoms with E-state index in [9.17, 15) is 14.4 Å². The molecular weight excluding hydrogens is 464 g/mol. The van der Waals surface area contributed by atoms with Crippen LogP contribution in [0.1, 0.15) is 50.4 Å². The van der Waals surface area contributed by atoms with Crippen LogP contribution in [0.15, 0.2) is 47.8 Å². The van der Waals surface area contributed by atoms with Crippen LogP contribution in [0.3, 0.4) is 0 Å². The van der Waals surface area contributed by atoms with Crippen LogP contribution in [0.25, 0.3) is 0 Å². The average Bonchev–Trinajstić information content (AvgIpc) is 3.41. The van der Waals surface area contributed by atoms with Crippen molar-refractivity contribution in [2.24, 2.45) is 0 Å². The second-order valence-corrected chi connectivity index (χ2v) is 9.56. The molecule has 1 aromatic heterocycles. The Morgan fingerprint density at radius 3 is 2.63 bits per heavy atom. The van der Waals surface area contributed by atoms with Gasteiger partial charge in [0.15, 0.2) is 5.13 Å². The summed E-state index contributed by atoms with van der Waals surface area (Å²) < 4.78 is 5.32. The highest BCUT2D eigenvalue weighted by molar-refractivity contribution is 7.13. The summed E-state index contributed by atoms with van der Waals surface area (Å²) in [6.45, 7) is 2.73. The van der Waals surface area contributed by atoms with Crippen molar-refractivity contribution in [1.29, 1.82) is 0 Å². The van der Waals surface area contributed by atoms with E-state index in [0.717, 1.165) is 37.5 Å². The fourth-order valence-corrected chi connectivity index (χ4v) is 5.26. The first-order valence-corrected chi connectivity index (χ1v) is 12.5. The number of thiazole rings is 1. The second kappa shape index (κ2) is 9.97. The molecule has 2 aliphatic heterocycles. The van der Waals surface area contributed by atoms with Crippen molar-refractivity contribution in [1.82, 2.24) is 14.8 Å². The number of anilines is 1. The normalized spacial score (nSPS) is 15.2. The van der Waals surface area contributed by atoms with Gasteiger partial charge in [0.25, 0.3) is 11.8 Å². The average molecular weight is 491 g/mol. The van der Waals surface area contributed by atoms with Gasteiger partial charge in [-0.3, -0.25) is 24.2 Å². The van der Waals surface area contributed by atoms with Gasteiger partial charge in [0, 0.05) is 38.0 Å². The molecule has 0 atom stereocenters. The number of nitrogens with zero attached hydrogens (tertiary/aromatic N) is 3. The fraction of sp³-hybridized carbons (Fsp3) is 0.308. The third-order valence-corrected chi connectivity index (χ3v) is 7.16. The smallest absolute Gasteiger partial charge is 0.261 e. The number of ether oxygens (including phenoxy) is 1. The van der Waals surface area contributed by atoms with Crippen LogP contribution in [0, 0.1) is 0 Å². The van der Waals surface area contributed by atoms with E-state index < -0.39 is 0 Å². The Balaban J connectivity index is 1.09. The maximum Gasteiger partial charge on any atom is 0.261 e. The van der Waals surface area contributed by atoms with Gasteiger partial charge in [-0.05, 0) is 48.2 Å². The Morgan fingerprint density at radius 1 is 1.11 bits per heavy atom. The van der Waals surface area contributed by atoms with Gasteiger partial charge in [-0.2, -0.15) is 0 Å². The number of aromatic nitrogens is 1. The van der Waals surface area contributed by atoms with Crippen LogP contribution in [0.4, 0.5) is 5.13 Å². The minimum Gasteiger partial charge on any atom is -0.497 e. The number of amides is 3. The van der Waals surface area contributed by atoms with Gasteiger partial charge in [0.05, 0.1) is 23.9 Å². The Hall–Kier alpha value is -3.56. The standard InChI is InChI=1S/C26H26N4O4S/c1-34-20-9-8-18-14-29(12-10-17(18)13-20)15-19-16-35-26(27-19)28-23(31)7-4-11-30-24(32)21-5-2-3-6-22(21)25(30)33/h2-3,5-6,8-9,13,16H,4,7,10-12,14-15H2,1H3,(H,27,28,31). The van der Waals surface area contributed by atoms with Crippen molar-refractivity contribution >= 4 is 34.2 Å². The van der Waals surface area contributed by atoms with E-state index in [-0.39, 0.29) is 30.7 Å². The molecule has 3 heterocycles. The number of hydrogen-bond acceptors (Lipinski definition) is 7. The Kier molecular flexibility index (Phi) is 6.61. The van der Waals surface area contributed by atoms with Crippen molar-refractivity contribution in [3.8, 4) is 5.75 Å². The van der Waals surface area contributed by atoms with Gasteiger partial charge in [-0.25, -0.2) is 4.98 Å². The third kappa shape index (κ3) is 4.96. The quantitative estimate of drug-likeness (QED) is 0.484. The SMILES string of the molecule is COc1ccc2c(c1)CCN(Cc1csc(NC(=O)CCCN3C(=O)c4ccccc4C3=O)n1)C2. The molecule has 5 rings (SSSR count). The fourth-order valence-electron chi connectivity index (χ4n) is 4.54. The van der Waals surface area contributed by atoms with Crippen LogP contribution in [-0.2, 0) is 24.3 Å². The minimum absolute atomic E-state index is 0.177. The molecule has 1 N–H and O–H groups in total. The number of fused-ring (bicyclic) bond motifs is 2. The number of benzene rings is 2. The van der Waals surface area contributed by atoms with Crippen LogP contribution in [-0.4, -0.2) is 52.7 Å².